The Hall–Kier alpha value is 0.170. The summed E-state index contributed by atoms with van der Waals surface area (Å²) in [5.41, 5.74) is 0. The van der Waals surface area contributed by atoms with Crippen molar-refractivity contribution in [2.75, 3.05) is 64.1 Å². The molecule has 20 heavy (non-hydrogen) atoms. The van der Waals surface area contributed by atoms with Gasteiger partial charge in [0.25, 0.3) is 0 Å². The standard InChI is InChI=1S/C14H31O4PS/c1-6-16-9-11-19(3,4,12-10-17-7-2)18-14(15)8-13-20-5/h6-13H2,1-5H3. The molecule has 0 heterocycles. The number of hydrogen-bond donors (Lipinski definition) is 0. The maximum absolute atomic E-state index is 12.0. The molecular weight excluding hydrogens is 295 g/mol. The first-order valence-electron chi connectivity index (χ1n) is 7.24. The Labute approximate surface area is 128 Å². The van der Waals surface area contributed by atoms with E-state index in [9.17, 15) is 4.79 Å². The first-order valence-corrected chi connectivity index (χ1v) is 12.0. The molecule has 0 aliphatic rings. The predicted molar refractivity (Wildman–Crippen MR) is 90.6 cm³/mol. The van der Waals surface area contributed by atoms with Crippen molar-refractivity contribution in [1.29, 1.82) is 0 Å². The minimum absolute atomic E-state index is 0.0880. The van der Waals surface area contributed by atoms with Crippen LogP contribution in [0.2, 0.25) is 0 Å². The van der Waals surface area contributed by atoms with Crippen LogP contribution in [0.25, 0.3) is 0 Å². The van der Waals surface area contributed by atoms with Crippen molar-refractivity contribution < 1.29 is 18.8 Å². The molecule has 0 N–H and O–H groups in total. The van der Waals surface area contributed by atoms with E-state index in [1.54, 1.807) is 11.8 Å². The van der Waals surface area contributed by atoms with Crippen molar-refractivity contribution in [2.45, 2.75) is 20.3 Å². The van der Waals surface area contributed by atoms with Gasteiger partial charge in [0.2, 0.25) is 0 Å². The molecule has 0 saturated heterocycles. The molecule has 122 valence electrons. The first-order chi connectivity index (χ1) is 9.36. The Balaban J connectivity index is 4.60. The summed E-state index contributed by atoms with van der Waals surface area (Å²) in [6.07, 6.45) is 4.08. The fraction of sp³-hybridized carbons (Fsp3) is 0.929. The summed E-state index contributed by atoms with van der Waals surface area (Å²) in [5.74, 6) is 0.720. The third-order valence-corrected chi connectivity index (χ3v) is 7.79. The summed E-state index contributed by atoms with van der Waals surface area (Å²) in [6.45, 7) is 8.32. The third-order valence-electron chi connectivity index (χ3n) is 3.20. The van der Waals surface area contributed by atoms with Gasteiger partial charge in [0.1, 0.15) is 0 Å². The Morgan fingerprint density at radius 1 is 1.05 bits per heavy atom. The van der Waals surface area contributed by atoms with E-state index in [-0.39, 0.29) is 5.97 Å². The second-order valence-corrected chi connectivity index (χ2v) is 12.8. The zero-order chi connectivity index (χ0) is 15.5. The van der Waals surface area contributed by atoms with Crippen LogP contribution in [0.1, 0.15) is 20.3 Å². The van der Waals surface area contributed by atoms with E-state index in [4.69, 9.17) is 14.0 Å². The minimum atomic E-state index is -2.53. The molecule has 0 unspecified atom stereocenters. The van der Waals surface area contributed by atoms with Gasteiger partial charge in [-0.05, 0) is 0 Å². The Morgan fingerprint density at radius 3 is 1.95 bits per heavy atom. The maximum atomic E-state index is 12.0. The summed E-state index contributed by atoms with van der Waals surface area (Å²) in [5, 5.41) is 0. The van der Waals surface area contributed by atoms with Gasteiger partial charge in [-0.3, -0.25) is 0 Å². The van der Waals surface area contributed by atoms with Crippen molar-refractivity contribution >= 4 is 24.6 Å². The Morgan fingerprint density at radius 2 is 1.55 bits per heavy atom. The second kappa shape index (κ2) is 9.99. The van der Waals surface area contributed by atoms with Gasteiger partial charge in [0.15, 0.2) is 0 Å². The van der Waals surface area contributed by atoms with Crippen LogP contribution in [0.3, 0.4) is 0 Å². The molecule has 0 atom stereocenters. The molecule has 0 spiro atoms. The van der Waals surface area contributed by atoms with Gasteiger partial charge in [-0.15, -0.1) is 0 Å². The summed E-state index contributed by atoms with van der Waals surface area (Å²) in [6, 6.07) is 0. The molecule has 0 amide bonds. The van der Waals surface area contributed by atoms with E-state index < -0.39 is 6.83 Å². The number of hydrogen-bond acceptors (Lipinski definition) is 5. The number of thioether (sulfide) groups is 1. The van der Waals surface area contributed by atoms with Crippen LogP contribution in [0.4, 0.5) is 0 Å². The van der Waals surface area contributed by atoms with Crippen molar-refractivity contribution in [3.05, 3.63) is 0 Å². The van der Waals surface area contributed by atoms with Crippen molar-refractivity contribution in [1.82, 2.24) is 0 Å². The van der Waals surface area contributed by atoms with Gasteiger partial charge in [-0.2, -0.15) is 0 Å². The van der Waals surface area contributed by atoms with Crippen LogP contribution in [0.5, 0.6) is 0 Å². The van der Waals surface area contributed by atoms with Gasteiger partial charge >= 0.3 is 128 Å². The van der Waals surface area contributed by atoms with Crippen LogP contribution in [0, 0.1) is 0 Å². The number of carbonyl (C=O) groups is 1. The summed E-state index contributed by atoms with van der Waals surface area (Å²) < 4.78 is 16.9. The molecular formula is C14H31O4PS. The molecule has 4 nitrogen and oxygen atoms in total. The molecule has 0 radical (unpaired) electrons. The predicted octanol–water partition coefficient (Wildman–Crippen LogP) is 3.08. The van der Waals surface area contributed by atoms with Gasteiger partial charge in [0, 0.05) is 0 Å². The molecule has 0 aromatic heterocycles. The summed E-state index contributed by atoms with van der Waals surface area (Å²) in [4.78, 5) is 12.0. The zero-order valence-corrected chi connectivity index (χ0v) is 15.4. The number of ether oxygens (including phenoxy) is 2. The molecule has 0 rings (SSSR count). The van der Waals surface area contributed by atoms with E-state index in [2.05, 4.69) is 13.3 Å². The van der Waals surface area contributed by atoms with Crippen molar-refractivity contribution in [3.63, 3.8) is 0 Å². The monoisotopic (exact) mass is 326 g/mol. The van der Waals surface area contributed by atoms with Crippen LogP contribution in [0.15, 0.2) is 0 Å². The molecule has 6 heteroatoms. The van der Waals surface area contributed by atoms with E-state index in [0.717, 1.165) is 18.1 Å². The number of rotatable bonds is 12. The van der Waals surface area contributed by atoms with E-state index in [0.29, 0.717) is 32.8 Å². The van der Waals surface area contributed by atoms with Crippen LogP contribution in [-0.4, -0.2) is 70.1 Å². The molecule has 0 aliphatic carbocycles. The SMILES string of the molecule is CCOCCP(C)(C)(CCOCC)OC(=O)CCSC. The van der Waals surface area contributed by atoms with E-state index in [1.807, 2.05) is 20.1 Å². The molecule has 0 aromatic rings. The fourth-order valence-corrected chi connectivity index (χ4v) is 4.73. The molecule has 0 aromatic carbocycles. The van der Waals surface area contributed by atoms with Crippen LogP contribution >= 0.6 is 18.6 Å². The van der Waals surface area contributed by atoms with Crippen LogP contribution in [-0.2, 0) is 18.8 Å². The summed E-state index contributed by atoms with van der Waals surface area (Å²) >= 11 is 1.66. The van der Waals surface area contributed by atoms with Gasteiger partial charge in [0.05, 0.1) is 0 Å². The van der Waals surface area contributed by atoms with E-state index >= 15 is 0 Å². The Kier molecular flexibility index (Phi) is 10.1. The summed E-state index contributed by atoms with van der Waals surface area (Å²) in [7, 11) is 0. The number of carbonyl (C=O) groups excluding carboxylic acids is 1. The Bertz CT molecular complexity index is 270. The average Bonchev–Trinajstić information content (AvgIpc) is 2.36. The normalized spacial score (nSPS) is 13.8. The average molecular weight is 326 g/mol. The molecule has 0 saturated carbocycles. The topological polar surface area (TPSA) is 44.8 Å². The molecule has 0 fully saturated rings. The van der Waals surface area contributed by atoms with Crippen LogP contribution < -0.4 is 0 Å². The second-order valence-electron chi connectivity index (χ2n) is 5.61. The third kappa shape index (κ3) is 9.17. The first kappa shape index (κ1) is 20.2. The van der Waals surface area contributed by atoms with Gasteiger partial charge in [-0.25, -0.2) is 0 Å². The fourth-order valence-electron chi connectivity index (χ4n) is 1.77. The molecule has 0 aliphatic heterocycles. The quantitative estimate of drug-likeness (QED) is 0.407. The van der Waals surface area contributed by atoms with Crippen molar-refractivity contribution in [2.24, 2.45) is 0 Å². The molecule has 0 bridgehead atoms. The van der Waals surface area contributed by atoms with Gasteiger partial charge < -0.3 is 0 Å². The zero-order valence-electron chi connectivity index (χ0n) is 13.6. The van der Waals surface area contributed by atoms with Gasteiger partial charge in [-0.1, -0.05) is 0 Å². The van der Waals surface area contributed by atoms with Crippen molar-refractivity contribution in [3.8, 4) is 0 Å². The van der Waals surface area contributed by atoms with E-state index in [1.165, 1.54) is 0 Å².